The van der Waals surface area contributed by atoms with Gasteiger partial charge >= 0.3 is 0 Å². The van der Waals surface area contributed by atoms with E-state index >= 15 is 0 Å². The van der Waals surface area contributed by atoms with Crippen molar-refractivity contribution in [2.45, 2.75) is 71.1 Å². The van der Waals surface area contributed by atoms with Crippen LogP contribution < -0.4 is 5.32 Å². The molecule has 3 rings (SSSR count). The number of nitrogens with one attached hydrogen (secondary N) is 1. The maximum atomic E-state index is 4.73. The molecule has 1 saturated heterocycles. The fourth-order valence-corrected chi connectivity index (χ4v) is 3.41. The average molecular weight is 290 g/mol. The summed E-state index contributed by atoms with van der Waals surface area (Å²) in [5.41, 5.74) is 1.67. The van der Waals surface area contributed by atoms with Crippen molar-refractivity contribution in [1.82, 2.24) is 20.0 Å². The third kappa shape index (κ3) is 3.02. The van der Waals surface area contributed by atoms with Gasteiger partial charge in [0.2, 0.25) is 0 Å². The standard InChI is InChI=1S/C17H30N4/c1-13(2)21-9-8-15(19-21)10-20-12-17(5,14-6-7-14)18-11-16(20,3)4/h8-9,13-14,18H,6-7,10-12H2,1-5H3. The maximum absolute atomic E-state index is 4.73. The van der Waals surface area contributed by atoms with Crippen LogP contribution in [0.5, 0.6) is 0 Å². The van der Waals surface area contributed by atoms with Crippen LogP contribution in [0.4, 0.5) is 0 Å². The van der Waals surface area contributed by atoms with E-state index in [2.05, 4.69) is 61.8 Å². The summed E-state index contributed by atoms with van der Waals surface area (Å²) < 4.78 is 2.06. The molecule has 0 radical (unpaired) electrons. The number of rotatable bonds is 4. The molecule has 1 atom stereocenters. The van der Waals surface area contributed by atoms with Crippen LogP contribution in [0.25, 0.3) is 0 Å². The van der Waals surface area contributed by atoms with Crippen molar-refractivity contribution in [3.8, 4) is 0 Å². The molecule has 1 aromatic heterocycles. The Morgan fingerprint density at radius 3 is 2.62 bits per heavy atom. The Balaban J connectivity index is 1.74. The Morgan fingerprint density at radius 1 is 1.33 bits per heavy atom. The van der Waals surface area contributed by atoms with Crippen molar-refractivity contribution in [2.24, 2.45) is 5.92 Å². The molecule has 2 aliphatic rings. The van der Waals surface area contributed by atoms with Crippen molar-refractivity contribution in [3.63, 3.8) is 0 Å². The first-order chi connectivity index (χ1) is 9.80. The summed E-state index contributed by atoms with van der Waals surface area (Å²) in [6.45, 7) is 14.6. The molecule has 1 aliphatic carbocycles. The van der Waals surface area contributed by atoms with Crippen molar-refractivity contribution in [1.29, 1.82) is 0 Å². The minimum absolute atomic E-state index is 0.190. The van der Waals surface area contributed by atoms with Crippen molar-refractivity contribution < 1.29 is 0 Å². The predicted molar refractivity (Wildman–Crippen MR) is 86.2 cm³/mol. The lowest BCUT2D eigenvalue weighted by Crippen LogP contribution is -2.67. The van der Waals surface area contributed by atoms with E-state index in [0.717, 1.165) is 25.6 Å². The third-order valence-electron chi connectivity index (χ3n) is 5.32. The van der Waals surface area contributed by atoms with E-state index in [4.69, 9.17) is 5.10 Å². The first-order valence-corrected chi connectivity index (χ1v) is 8.34. The highest BCUT2D eigenvalue weighted by atomic mass is 15.3. The summed E-state index contributed by atoms with van der Waals surface area (Å²) in [4.78, 5) is 2.62. The van der Waals surface area contributed by atoms with Crippen molar-refractivity contribution in [2.75, 3.05) is 13.1 Å². The van der Waals surface area contributed by atoms with Gasteiger partial charge in [-0.25, -0.2) is 0 Å². The van der Waals surface area contributed by atoms with Crippen LogP contribution in [0, 0.1) is 5.92 Å². The van der Waals surface area contributed by atoms with Crippen LogP contribution >= 0.6 is 0 Å². The van der Waals surface area contributed by atoms with E-state index in [0.29, 0.717) is 6.04 Å². The Bertz CT molecular complexity index is 501. The molecule has 1 N–H and O–H groups in total. The molecule has 4 nitrogen and oxygen atoms in total. The SMILES string of the molecule is CC(C)n1ccc(CN2CC(C)(C3CC3)NCC2(C)C)n1. The molecule has 1 aromatic rings. The highest BCUT2D eigenvalue weighted by molar-refractivity contribution is 5.09. The van der Waals surface area contributed by atoms with Gasteiger partial charge in [-0.2, -0.15) is 5.10 Å². The first-order valence-electron chi connectivity index (χ1n) is 8.34. The van der Waals surface area contributed by atoms with Gasteiger partial charge in [-0.05, 0) is 59.4 Å². The molecule has 118 valence electrons. The highest BCUT2D eigenvalue weighted by Gasteiger charge is 2.48. The minimum atomic E-state index is 0.190. The predicted octanol–water partition coefficient (Wildman–Crippen LogP) is 2.82. The third-order valence-corrected chi connectivity index (χ3v) is 5.32. The lowest BCUT2D eigenvalue weighted by molar-refractivity contribution is 0.0168. The number of aromatic nitrogens is 2. The smallest absolute Gasteiger partial charge is 0.0765 e. The van der Waals surface area contributed by atoms with Crippen LogP contribution in [0.15, 0.2) is 12.3 Å². The summed E-state index contributed by atoms with van der Waals surface area (Å²) >= 11 is 0. The second-order valence-electron chi connectivity index (χ2n) is 8.09. The largest absolute Gasteiger partial charge is 0.308 e. The number of hydrogen-bond donors (Lipinski definition) is 1. The molecule has 2 fully saturated rings. The molecular weight excluding hydrogens is 260 g/mol. The fraction of sp³-hybridized carbons (Fsp3) is 0.824. The van der Waals surface area contributed by atoms with E-state index in [-0.39, 0.29) is 11.1 Å². The molecule has 21 heavy (non-hydrogen) atoms. The Morgan fingerprint density at radius 2 is 2.05 bits per heavy atom. The zero-order chi connectivity index (χ0) is 15.3. The summed E-state index contributed by atoms with van der Waals surface area (Å²) in [5, 5.41) is 8.55. The maximum Gasteiger partial charge on any atom is 0.0765 e. The van der Waals surface area contributed by atoms with Gasteiger partial charge in [-0.3, -0.25) is 9.58 Å². The zero-order valence-electron chi connectivity index (χ0n) is 14.2. The monoisotopic (exact) mass is 290 g/mol. The molecule has 1 unspecified atom stereocenters. The first kappa shape index (κ1) is 15.0. The topological polar surface area (TPSA) is 33.1 Å². The average Bonchev–Trinajstić information content (AvgIpc) is 3.16. The lowest BCUT2D eigenvalue weighted by Gasteiger charge is -2.51. The number of hydrogen-bond acceptors (Lipinski definition) is 3. The summed E-state index contributed by atoms with van der Waals surface area (Å²) in [6, 6.07) is 2.61. The second kappa shape index (κ2) is 5.10. The van der Waals surface area contributed by atoms with E-state index in [1.54, 1.807) is 0 Å². The molecular formula is C17H30N4. The van der Waals surface area contributed by atoms with Gasteiger partial charge < -0.3 is 5.32 Å². The fourth-order valence-electron chi connectivity index (χ4n) is 3.41. The number of nitrogens with zero attached hydrogens (tertiary/aromatic N) is 3. The van der Waals surface area contributed by atoms with Crippen molar-refractivity contribution >= 4 is 0 Å². The normalized spacial score (nSPS) is 30.0. The number of piperazine rings is 1. The Hall–Kier alpha value is -0.870. The molecule has 2 heterocycles. The van der Waals surface area contributed by atoms with Crippen LogP contribution in [-0.4, -0.2) is 38.8 Å². The van der Waals surface area contributed by atoms with Gasteiger partial charge in [0.25, 0.3) is 0 Å². The second-order valence-corrected chi connectivity index (χ2v) is 8.09. The van der Waals surface area contributed by atoms with Gasteiger partial charge in [-0.1, -0.05) is 0 Å². The van der Waals surface area contributed by atoms with E-state index in [9.17, 15) is 0 Å². The van der Waals surface area contributed by atoms with Gasteiger partial charge in [0.1, 0.15) is 0 Å². The summed E-state index contributed by atoms with van der Waals surface area (Å²) in [7, 11) is 0. The van der Waals surface area contributed by atoms with E-state index in [1.165, 1.54) is 18.5 Å². The van der Waals surface area contributed by atoms with E-state index in [1.807, 2.05) is 0 Å². The quantitative estimate of drug-likeness (QED) is 0.925. The van der Waals surface area contributed by atoms with Crippen LogP contribution in [0.1, 0.15) is 59.2 Å². The summed E-state index contributed by atoms with van der Waals surface area (Å²) in [5.74, 6) is 0.865. The van der Waals surface area contributed by atoms with Crippen LogP contribution in [0.2, 0.25) is 0 Å². The highest BCUT2D eigenvalue weighted by Crippen LogP contribution is 2.42. The molecule has 1 aliphatic heterocycles. The lowest BCUT2D eigenvalue weighted by atomic mass is 9.86. The molecule has 4 heteroatoms. The van der Waals surface area contributed by atoms with Gasteiger partial charge in [0.05, 0.1) is 5.69 Å². The van der Waals surface area contributed by atoms with Gasteiger partial charge in [0, 0.05) is 43.0 Å². The van der Waals surface area contributed by atoms with Crippen LogP contribution in [-0.2, 0) is 6.54 Å². The minimum Gasteiger partial charge on any atom is -0.308 e. The molecule has 0 aromatic carbocycles. The molecule has 1 saturated carbocycles. The molecule has 0 amide bonds. The van der Waals surface area contributed by atoms with Crippen molar-refractivity contribution in [3.05, 3.63) is 18.0 Å². The zero-order valence-corrected chi connectivity index (χ0v) is 14.2. The Kier molecular flexibility index (Phi) is 3.65. The summed E-state index contributed by atoms with van der Waals surface area (Å²) in [6.07, 6.45) is 4.88. The van der Waals surface area contributed by atoms with E-state index < -0.39 is 0 Å². The van der Waals surface area contributed by atoms with Crippen LogP contribution in [0.3, 0.4) is 0 Å². The van der Waals surface area contributed by atoms with Gasteiger partial charge in [0.15, 0.2) is 0 Å². The molecule has 0 bridgehead atoms. The Labute approximate surface area is 128 Å². The van der Waals surface area contributed by atoms with Gasteiger partial charge in [-0.15, -0.1) is 0 Å². The molecule has 0 spiro atoms.